The van der Waals surface area contributed by atoms with Gasteiger partial charge in [0, 0.05) is 49.6 Å². The maximum absolute atomic E-state index is 14.1. The molecule has 0 radical (unpaired) electrons. The lowest BCUT2D eigenvalue weighted by Crippen LogP contribution is -2.63. The number of nitrogens with zero attached hydrogens (tertiary/aromatic N) is 2. The van der Waals surface area contributed by atoms with Crippen LogP contribution in [0.5, 0.6) is 0 Å². The van der Waals surface area contributed by atoms with Gasteiger partial charge in [-0.05, 0) is 65.7 Å². The number of aromatic nitrogens is 4. The highest BCUT2D eigenvalue weighted by atomic mass is 32.2. The first-order valence-electron chi connectivity index (χ1n) is 29.9. The van der Waals surface area contributed by atoms with E-state index in [2.05, 4.69) is 87.0 Å². The van der Waals surface area contributed by atoms with Crippen LogP contribution in [0.3, 0.4) is 0 Å². The van der Waals surface area contributed by atoms with Crippen LogP contribution in [0.15, 0.2) is 25.0 Å². The Morgan fingerprint density at radius 3 is 1.83 bits per heavy atom. The number of rotatable bonds is 35. The molecule has 500 valence electrons. The molecule has 13 unspecified atom stereocenters. The normalized spacial score (nSPS) is 20.3. The zero-order chi connectivity index (χ0) is 66.7. The second-order valence-corrected chi connectivity index (χ2v) is 24.8. The van der Waals surface area contributed by atoms with Crippen LogP contribution in [0.4, 0.5) is 0 Å². The van der Waals surface area contributed by atoms with E-state index >= 15 is 0 Å². The molecule has 89 heavy (non-hydrogen) atoms. The van der Waals surface area contributed by atoms with Crippen LogP contribution in [0.25, 0.3) is 0 Å². The number of hydrogen-bond donors (Lipinski definition) is 16. The summed E-state index contributed by atoms with van der Waals surface area (Å²) in [5, 5.41) is 55.9. The van der Waals surface area contributed by atoms with Crippen LogP contribution in [-0.2, 0) is 80.4 Å². The van der Waals surface area contributed by atoms with Gasteiger partial charge in [0.25, 0.3) is 10.1 Å². The average molecular weight is 1280 g/mol. The zero-order valence-corrected chi connectivity index (χ0v) is 52.7. The van der Waals surface area contributed by atoms with Gasteiger partial charge in [0.15, 0.2) is 6.04 Å². The number of aliphatic hydroxyl groups is 3. The third kappa shape index (κ3) is 28.2. The summed E-state index contributed by atoms with van der Waals surface area (Å²) in [7, 11) is -4.84. The van der Waals surface area contributed by atoms with E-state index in [4.69, 9.17) is 4.74 Å². The highest BCUT2D eigenvalue weighted by Gasteiger charge is 2.40. The molecule has 2 aromatic rings. The predicted octanol–water partition coefficient (Wildman–Crippen LogP) is -3.00. The van der Waals surface area contributed by atoms with Gasteiger partial charge in [-0.2, -0.15) is 8.42 Å². The van der Waals surface area contributed by atoms with Crippen molar-refractivity contribution in [2.45, 2.75) is 225 Å². The van der Waals surface area contributed by atoms with E-state index in [0.29, 0.717) is 30.1 Å². The largest absolute Gasteiger partial charge is 0.458 e. The summed E-state index contributed by atoms with van der Waals surface area (Å²) in [6.45, 7) is 13.6. The van der Waals surface area contributed by atoms with E-state index in [-0.39, 0.29) is 44.6 Å². The van der Waals surface area contributed by atoms with Crippen LogP contribution >= 0.6 is 0 Å². The van der Waals surface area contributed by atoms with Crippen LogP contribution in [0.1, 0.15) is 144 Å². The monoisotopic (exact) mass is 1280 g/mol. The van der Waals surface area contributed by atoms with E-state index in [1.54, 1.807) is 13.8 Å². The molecule has 33 heteroatoms. The fourth-order valence-electron chi connectivity index (χ4n) is 9.22. The molecule has 10 amide bonds. The summed E-state index contributed by atoms with van der Waals surface area (Å²) in [6.07, 6.45) is 4.34. The molecule has 13 atom stereocenters. The number of carbonyl (C=O) groups excluding carboxylic acids is 11. The lowest BCUT2D eigenvalue weighted by Gasteiger charge is -2.30. The molecule has 32 nitrogen and oxygen atoms in total. The Hall–Kier alpha value is -7.62. The second kappa shape index (κ2) is 37.4. The minimum Gasteiger partial charge on any atom is -0.458 e. The Balaban J connectivity index is 1.68. The lowest BCUT2D eigenvalue weighted by molar-refractivity contribution is -0.158. The fraction of sp³-hybridized carbons (Fsp3) is 0.696. The highest BCUT2D eigenvalue weighted by molar-refractivity contribution is 7.85. The van der Waals surface area contributed by atoms with Gasteiger partial charge in [-0.15, -0.1) is 0 Å². The van der Waals surface area contributed by atoms with Crippen LogP contribution in [0.2, 0.25) is 0 Å². The molecule has 0 spiro atoms. The van der Waals surface area contributed by atoms with Gasteiger partial charge in [0.1, 0.15) is 60.2 Å². The number of carbonyl (C=O) groups is 11. The number of H-pyrrole nitrogens is 2. The number of aliphatic hydroxyl groups excluding tert-OH is 3. The molecule has 0 aromatic carbocycles. The van der Waals surface area contributed by atoms with E-state index in [1.165, 1.54) is 52.7 Å². The summed E-state index contributed by atoms with van der Waals surface area (Å²) in [6, 6.07) is -14.2. The minimum atomic E-state index is -4.84. The van der Waals surface area contributed by atoms with Gasteiger partial charge in [-0.1, -0.05) is 66.2 Å². The summed E-state index contributed by atoms with van der Waals surface area (Å²) in [5.41, 5.74) is 0.744. The maximum Gasteiger partial charge on any atom is 0.331 e. The van der Waals surface area contributed by atoms with Crippen molar-refractivity contribution in [2.24, 2.45) is 11.8 Å². The first-order valence-corrected chi connectivity index (χ1v) is 31.5. The van der Waals surface area contributed by atoms with E-state index in [9.17, 15) is 81.0 Å². The molecule has 0 bridgehead atoms. The third-order valence-electron chi connectivity index (χ3n) is 14.2. The van der Waals surface area contributed by atoms with E-state index < -0.39 is 166 Å². The number of aromatic amines is 2. The van der Waals surface area contributed by atoms with Gasteiger partial charge >= 0.3 is 5.97 Å². The Kier molecular flexibility index (Phi) is 31.8. The van der Waals surface area contributed by atoms with Gasteiger partial charge in [0.05, 0.1) is 37.4 Å². The summed E-state index contributed by atoms with van der Waals surface area (Å²) in [5.74, 6) is -11.5. The van der Waals surface area contributed by atoms with Crippen LogP contribution in [0, 0.1) is 11.8 Å². The maximum atomic E-state index is 14.1. The molecule has 1 saturated heterocycles. The smallest absolute Gasteiger partial charge is 0.331 e. The Bertz CT molecular complexity index is 2770. The molecule has 3 rings (SSSR count). The van der Waals surface area contributed by atoms with Crippen molar-refractivity contribution in [1.82, 2.24) is 73.1 Å². The van der Waals surface area contributed by atoms with Crippen molar-refractivity contribution in [3.8, 4) is 0 Å². The van der Waals surface area contributed by atoms with Gasteiger partial charge in [-0.25, -0.2) is 14.8 Å². The van der Waals surface area contributed by atoms with Crippen molar-refractivity contribution in [3.63, 3.8) is 0 Å². The standard InChI is InChI=1S/C56H92N14O18S/c1-29(2)16-13-11-10-12-14-17-38(73)23-44(75)65-42(26-89(85,86)87)53(81)66-39(20-30(3)4)50(78)59-19-15-18-43(74)64-40(21-36-24-57-27-60-36)51(79)62-31(5)48(76)68-45(33(7)71)54(82)70-47-35(9)88-56(84)46(34(8)72)69-49(77)32(6)63-52(80)41(67-55(47)83)22-37-25-58-28-61-37/h24-25,27-35,38-42,45-47,71-73H,10-23,26H2,1-9H3,(H,57,60)(H,58,61)(H,59,78)(H,62,79)(H,63,80)(H,64,74)(H,65,75)(H,66,81)(H,67,83)(H,68,76)(H,69,77)(H,70,82)(H,85,86,87). The number of cyclic esters (lactones) is 1. The van der Waals surface area contributed by atoms with Gasteiger partial charge in [-0.3, -0.25) is 52.5 Å². The molecule has 0 saturated carbocycles. The number of amides is 10. The van der Waals surface area contributed by atoms with Gasteiger partial charge < -0.3 is 83.2 Å². The molecule has 1 fully saturated rings. The van der Waals surface area contributed by atoms with Crippen molar-refractivity contribution in [3.05, 3.63) is 36.4 Å². The summed E-state index contributed by atoms with van der Waals surface area (Å²) in [4.78, 5) is 162. The second-order valence-electron chi connectivity index (χ2n) is 23.3. The number of nitrogens with one attached hydrogen (secondary N) is 12. The Morgan fingerprint density at radius 1 is 0.640 bits per heavy atom. The molecule has 16 N–H and O–H groups in total. The number of ether oxygens (including phenoxy) is 1. The number of hydrogen-bond acceptors (Lipinski definition) is 19. The van der Waals surface area contributed by atoms with Crippen LogP contribution in [-0.4, -0.2) is 204 Å². The predicted molar refractivity (Wildman–Crippen MR) is 318 cm³/mol. The first-order chi connectivity index (χ1) is 41.7. The molecule has 2 aromatic heterocycles. The SMILES string of the molecule is CC(C)CCCCCCCC(O)CC(=O)NC(CS(=O)(=O)O)C(=O)NC(CC(C)C)C(=O)NCCCC(=O)NC(Cc1cnc[nH]1)C(=O)NC(C)C(=O)NC(C(=O)NC1C(=O)NC(Cc2cnc[nH]2)C(=O)NC(C)C(=O)NC(C(C)O)C(=O)OC1C)C(C)O. The quantitative estimate of drug-likeness (QED) is 0.0186. The van der Waals surface area contributed by atoms with Crippen molar-refractivity contribution < 1.29 is 85.8 Å². The summed E-state index contributed by atoms with van der Waals surface area (Å²) < 4.78 is 39.0. The Morgan fingerprint density at radius 2 is 1.25 bits per heavy atom. The van der Waals surface area contributed by atoms with Crippen molar-refractivity contribution in [2.75, 3.05) is 12.3 Å². The topological polar surface area (TPSA) is 490 Å². The summed E-state index contributed by atoms with van der Waals surface area (Å²) >= 11 is 0. The van der Waals surface area contributed by atoms with Crippen molar-refractivity contribution >= 4 is 75.2 Å². The fourth-order valence-corrected chi connectivity index (χ4v) is 9.88. The van der Waals surface area contributed by atoms with E-state index in [0.717, 1.165) is 39.0 Å². The molecular formula is C56H92N14O18S. The molecule has 1 aliphatic heterocycles. The number of imidazole rings is 2. The first kappa shape index (κ1) is 75.6. The number of unbranched alkanes of at least 4 members (excludes halogenated alkanes) is 4. The molecule has 3 heterocycles. The van der Waals surface area contributed by atoms with Crippen LogP contribution < -0.4 is 53.2 Å². The molecule has 0 aliphatic carbocycles. The van der Waals surface area contributed by atoms with Gasteiger partial charge in [0.2, 0.25) is 59.1 Å². The highest BCUT2D eigenvalue weighted by Crippen LogP contribution is 2.15. The lowest BCUT2D eigenvalue weighted by atomic mass is 10.0. The van der Waals surface area contributed by atoms with Crippen molar-refractivity contribution in [1.29, 1.82) is 0 Å². The molecular weight excluding hydrogens is 1190 g/mol. The number of esters is 1. The minimum absolute atomic E-state index is 0.0213. The zero-order valence-electron chi connectivity index (χ0n) is 51.9. The average Bonchev–Trinajstić information content (AvgIpc) is 3.88. The molecule has 1 aliphatic rings. The third-order valence-corrected chi connectivity index (χ3v) is 14.9. The van der Waals surface area contributed by atoms with E-state index in [1.807, 2.05) is 0 Å². The Labute approximate surface area is 517 Å².